The molecule has 8 heteroatoms. The lowest BCUT2D eigenvalue weighted by atomic mass is 10.2. The highest BCUT2D eigenvalue weighted by Gasteiger charge is 2.18. The predicted molar refractivity (Wildman–Crippen MR) is 97.2 cm³/mol. The molecule has 6 nitrogen and oxygen atoms in total. The first-order chi connectivity index (χ1) is 11.9. The zero-order valence-corrected chi connectivity index (χ0v) is 14.7. The summed E-state index contributed by atoms with van der Waals surface area (Å²) in [7, 11) is 0. The topological polar surface area (TPSA) is 89.5 Å². The van der Waals surface area contributed by atoms with Crippen molar-refractivity contribution in [1.29, 1.82) is 0 Å². The molecule has 0 saturated carbocycles. The summed E-state index contributed by atoms with van der Waals surface area (Å²) in [5, 5.41) is 3.28. The molecule has 0 aliphatic heterocycles. The summed E-state index contributed by atoms with van der Waals surface area (Å²) in [6, 6.07) is 8.29. The molecule has 0 bridgehead atoms. The van der Waals surface area contributed by atoms with E-state index in [0.717, 1.165) is 0 Å². The van der Waals surface area contributed by atoms with E-state index in [4.69, 9.17) is 28.9 Å². The lowest BCUT2D eigenvalue weighted by molar-refractivity contribution is -0.117. The minimum absolute atomic E-state index is 0.0563. The van der Waals surface area contributed by atoms with E-state index in [1.807, 2.05) is 0 Å². The predicted octanol–water partition coefficient (Wildman–Crippen LogP) is 3.23. The van der Waals surface area contributed by atoms with Crippen molar-refractivity contribution in [2.24, 2.45) is 5.73 Å². The van der Waals surface area contributed by atoms with Gasteiger partial charge in [-0.05, 0) is 31.2 Å². The maximum Gasteiger partial charge on any atom is 0.258 e. The molecule has 0 fully saturated rings. The van der Waals surface area contributed by atoms with Crippen molar-refractivity contribution in [2.75, 3.05) is 5.32 Å². The number of nitrogens with two attached hydrogens (primary N) is 1. The Kier molecular flexibility index (Phi) is 4.65. The molecule has 1 aromatic carbocycles. The zero-order valence-electron chi connectivity index (χ0n) is 13.2. The number of nitrogens with zero attached hydrogens (tertiary/aromatic N) is 2. The monoisotopic (exact) mass is 376 g/mol. The smallest absolute Gasteiger partial charge is 0.258 e. The van der Waals surface area contributed by atoms with Crippen LogP contribution in [0.5, 0.6) is 0 Å². The number of halogens is 2. The van der Waals surface area contributed by atoms with Gasteiger partial charge in [0.1, 0.15) is 0 Å². The second kappa shape index (κ2) is 6.74. The molecule has 128 valence electrons. The molecule has 0 saturated heterocycles. The standard InChI is InChI=1S/C17H14Cl2N4O2/c1-9-13(8-14(20)24)23-7-3-6-12(16(23)21-9)22-17(25)15-10(18)4-2-5-11(15)19/h2-7H,8H2,1H3,(H2,20,24)(H,22,25). The molecule has 25 heavy (non-hydrogen) atoms. The third-order valence-electron chi connectivity index (χ3n) is 3.73. The van der Waals surface area contributed by atoms with Gasteiger partial charge in [0.2, 0.25) is 5.91 Å². The third-order valence-corrected chi connectivity index (χ3v) is 4.36. The first kappa shape index (κ1) is 17.3. The van der Waals surface area contributed by atoms with Crippen LogP contribution < -0.4 is 11.1 Å². The Bertz CT molecular complexity index is 977. The van der Waals surface area contributed by atoms with Gasteiger partial charge in [-0.2, -0.15) is 0 Å². The number of aryl methyl sites for hydroxylation is 1. The first-order valence-corrected chi connectivity index (χ1v) is 8.14. The SMILES string of the molecule is Cc1nc2c(NC(=O)c3c(Cl)cccc3Cl)cccn2c1CC(N)=O. The lowest BCUT2D eigenvalue weighted by Gasteiger charge is -2.09. The van der Waals surface area contributed by atoms with E-state index in [-0.39, 0.29) is 22.0 Å². The summed E-state index contributed by atoms with van der Waals surface area (Å²) in [5.74, 6) is -0.900. The summed E-state index contributed by atoms with van der Waals surface area (Å²) in [6.45, 7) is 1.78. The fourth-order valence-corrected chi connectivity index (χ4v) is 3.17. The number of anilines is 1. The quantitative estimate of drug-likeness (QED) is 0.732. The molecule has 0 aliphatic rings. The highest BCUT2D eigenvalue weighted by Crippen LogP contribution is 2.26. The van der Waals surface area contributed by atoms with Gasteiger partial charge in [0.05, 0.1) is 39.1 Å². The lowest BCUT2D eigenvalue weighted by Crippen LogP contribution is -2.16. The fourth-order valence-electron chi connectivity index (χ4n) is 2.61. The average Bonchev–Trinajstić information content (AvgIpc) is 2.84. The first-order valence-electron chi connectivity index (χ1n) is 7.38. The summed E-state index contributed by atoms with van der Waals surface area (Å²) < 4.78 is 1.73. The van der Waals surface area contributed by atoms with Crippen LogP contribution in [0.2, 0.25) is 10.0 Å². The van der Waals surface area contributed by atoms with Gasteiger partial charge in [-0.15, -0.1) is 0 Å². The average molecular weight is 377 g/mol. The van der Waals surface area contributed by atoms with Crippen molar-refractivity contribution in [3.8, 4) is 0 Å². The van der Waals surface area contributed by atoms with Crippen molar-refractivity contribution in [3.05, 3.63) is 63.5 Å². The second-order valence-electron chi connectivity index (χ2n) is 5.45. The summed E-state index contributed by atoms with van der Waals surface area (Å²) in [4.78, 5) is 28.3. The molecule has 0 aliphatic carbocycles. The fraction of sp³-hybridized carbons (Fsp3) is 0.118. The zero-order chi connectivity index (χ0) is 18.1. The van der Waals surface area contributed by atoms with Crippen LogP contribution in [0.4, 0.5) is 5.69 Å². The van der Waals surface area contributed by atoms with E-state index in [0.29, 0.717) is 22.7 Å². The third kappa shape index (κ3) is 3.31. The highest BCUT2D eigenvalue weighted by atomic mass is 35.5. The Morgan fingerprint density at radius 2 is 1.88 bits per heavy atom. The minimum atomic E-state index is -0.456. The van der Waals surface area contributed by atoms with Gasteiger partial charge in [-0.25, -0.2) is 4.98 Å². The van der Waals surface area contributed by atoms with Crippen LogP contribution >= 0.6 is 23.2 Å². The van der Waals surface area contributed by atoms with E-state index >= 15 is 0 Å². The van der Waals surface area contributed by atoms with E-state index < -0.39 is 11.8 Å². The van der Waals surface area contributed by atoms with Crippen LogP contribution in [-0.4, -0.2) is 21.2 Å². The normalized spacial score (nSPS) is 10.8. The van der Waals surface area contributed by atoms with E-state index in [9.17, 15) is 9.59 Å². The molecule has 0 atom stereocenters. The maximum absolute atomic E-state index is 12.6. The summed E-state index contributed by atoms with van der Waals surface area (Å²) in [6.07, 6.45) is 1.81. The number of primary amides is 1. The van der Waals surface area contributed by atoms with Crippen LogP contribution in [0, 0.1) is 6.92 Å². The molecular formula is C17H14Cl2N4O2. The molecule has 0 radical (unpaired) electrons. The Hall–Kier alpha value is -2.57. The van der Waals surface area contributed by atoms with Gasteiger partial charge in [0.25, 0.3) is 5.91 Å². The molecule has 3 N–H and O–H groups in total. The number of imidazole rings is 1. The Morgan fingerprint density at radius 1 is 1.20 bits per heavy atom. The van der Waals surface area contributed by atoms with Gasteiger partial charge < -0.3 is 15.5 Å². The summed E-state index contributed by atoms with van der Waals surface area (Å²) in [5.41, 5.74) is 7.80. The van der Waals surface area contributed by atoms with Crippen molar-refractivity contribution in [3.63, 3.8) is 0 Å². The largest absolute Gasteiger partial charge is 0.369 e. The van der Waals surface area contributed by atoms with Gasteiger partial charge in [-0.3, -0.25) is 9.59 Å². The van der Waals surface area contributed by atoms with Crippen molar-refractivity contribution >= 4 is 46.4 Å². The van der Waals surface area contributed by atoms with Gasteiger partial charge in [0, 0.05) is 6.20 Å². The summed E-state index contributed by atoms with van der Waals surface area (Å²) >= 11 is 12.2. The van der Waals surface area contributed by atoms with E-state index in [1.54, 1.807) is 47.9 Å². The molecule has 0 spiro atoms. The van der Waals surface area contributed by atoms with Crippen LogP contribution in [0.15, 0.2) is 36.5 Å². The Balaban J connectivity index is 2.02. The van der Waals surface area contributed by atoms with Crippen LogP contribution in [0.3, 0.4) is 0 Å². The van der Waals surface area contributed by atoms with Crippen LogP contribution in [0.25, 0.3) is 5.65 Å². The van der Waals surface area contributed by atoms with Crippen LogP contribution in [-0.2, 0) is 11.2 Å². The molecule has 2 heterocycles. The van der Waals surface area contributed by atoms with Crippen LogP contribution in [0.1, 0.15) is 21.7 Å². The number of rotatable bonds is 4. The molecular weight excluding hydrogens is 363 g/mol. The number of fused-ring (bicyclic) bond motifs is 1. The Labute approximate surface area is 153 Å². The molecule has 2 aromatic heterocycles. The molecule has 3 rings (SSSR count). The van der Waals surface area contributed by atoms with Gasteiger partial charge in [-0.1, -0.05) is 29.3 Å². The number of aromatic nitrogens is 2. The van der Waals surface area contributed by atoms with Crippen molar-refractivity contribution < 1.29 is 9.59 Å². The number of benzene rings is 1. The maximum atomic E-state index is 12.6. The minimum Gasteiger partial charge on any atom is -0.369 e. The van der Waals surface area contributed by atoms with E-state index in [1.165, 1.54) is 0 Å². The van der Waals surface area contributed by atoms with Gasteiger partial charge >= 0.3 is 0 Å². The molecule has 2 amide bonds. The number of nitrogens with one attached hydrogen (secondary N) is 1. The highest BCUT2D eigenvalue weighted by molar-refractivity contribution is 6.40. The number of pyridine rings is 1. The Morgan fingerprint density at radius 3 is 2.52 bits per heavy atom. The second-order valence-corrected chi connectivity index (χ2v) is 6.27. The van der Waals surface area contributed by atoms with E-state index in [2.05, 4.69) is 10.3 Å². The molecule has 3 aromatic rings. The number of carbonyl (C=O) groups excluding carboxylic acids is 2. The van der Waals surface area contributed by atoms with Crippen molar-refractivity contribution in [1.82, 2.24) is 9.38 Å². The molecule has 0 unspecified atom stereocenters. The number of hydrogen-bond donors (Lipinski definition) is 2. The number of hydrogen-bond acceptors (Lipinski definition) is 3. The van der Waals surface area contributed by atoms with Gasteiger partial charge in [0.15, 0.2) is 5.65 Å². The number of amides is 2. The van der Waals surface area contributed by atoms with Crippen molar-refractivity contribution in [2.45, 2.75) is 13.3 Å². The number of carbonyl (C=O) groups is 2.